The van der Waals surface area contributed by atoms with Crippen LogP contribution in [0.1, 0.15) is 24.5 Å². The molecule has 0 aromatic heterocycles. The van der Waals surface area contributed by atoms with Crippen LogP contribution in [0.15, 0.2) is 30.3 Å². The summed E-state index contributed by atoms with van der Waals surface area (Å²) in [5.41, 5.74) is 1.08. The third-order valence-corrected chi connectivity index (χ3v) is 4.25. The molecule has 3 heterocycles. The summed E-state index contributed by atoms with van der Waals surface area (Å²) in [6.45, 7) is 3.56. The van der Waals surface area contributed by atoms with Crippen molar-refractivity contribution in [3.8, 4) is 0 Å². The first-order valence-corrected chi connectivity index (χ1v) is 6.30. The van der Waals surface area contributed by atoms with Crippen molar-refractivity contribution in [3.63, 3.8) is 0 Å². The minimum Gasteiger partial charge on any atom is -0.388 e. The van der Waals surface area contributed by atoms with Gasteiger partial charge in [0, 0.05) is 12.5 Å². The highest BCUT2D eigenvalue weighted by Crippen LogP contribution is 2.39. The monoisotopic (exact) mass is 217 g/mol. The summed E-state index contributed by atoms with van der Waals surface area (Å²) in [6.07, 6.45) is 2.28. The molecule has 2 bridgehead atoms. The lowest BCUT2D eigenvalue weighted by molar-refractivity contribution is -0.0263. The molecule has 2 atom stereocenters. The number of piperidine rings is 3. The quantitative estimate of drug-likeness (QED) is 0.819. The molecule has 0 saturated carbocycles. The summed E-state index contributed by atoms with van der Waals surface area (Å²) in [4.78, 5) is 2.50. The Morgan fingerprint density at radius 2 is 1.81 bits per heavy atom. The molecule has 2 heteroatoms. The highest BCUT2D eigenvalue weighted by atomic mass is 16.3. The van der Waals surface area contributed by atoms with Gasteiger partial charge < -0.3 is 10.0 Å². The SMILES string of the molecule is OC(c1ccccc1)C1CN2CCC1CC2. The van der Waals surface area contributed by atoms with Crippen LogP contribution in [0.3, 0.4) is 0 Å². The Labute approximate surface area is 96.9 Å². The van der Waals surface area contributed by atoms with Crippen molar-refractivity contribution < 1.29 is 5.11 Å². The van der Waals surface area contributed by atoms with Crippen molar-refractivity contribution in [1.82, 2.24) is 4.90 Å². The Balaban J connectivity index is 1.78. The van der Waals surface area contributed by atoms with Crippen LogP contribution in [0.25, 0.3) is 0 Å². The zero-order chi connectivity index (χ0) is 11.0. The van der Waals surface area contributed by atoms with Crippen LogP contribution in [0.2, 0.25) is 0 Å². The molecule has 1 N–H and O–H groups in total. The number of aliphatic hydroxyl groups is 1. The van der Waals surface area contributed by atoms with Crippen molar-refractivity contribution in [2.75, 3.05) is 19.6 Å². The number of rotatable bonds is 2. The summed E-state index contributed by atoms with van der Waals surface area (Å²) in [7, 11) is 0. The lowest BCUT2D eigenvalue weighted by Crippen LogP contribution is -2.49. The second kappa shape index (κ2) is 4.19. The first-order valence-electron chi connectivity index (χ1n) is 6.30. The standard InChI is InChI=1S/C14H19NO/c16-14(12-4-2-1-3-5-12)13-10-15-8-6-11(13)7-9-15/h1-5,11,13-14,16H,6-10H2. The van der Waals surface area contributed by atoms with Crippen LogP contribution in [-0.4, -0.2) is 29.6 Å². The molecule has 0 radical (unpaired) electrons. The summed E-state index contributed by atoms with van der Waals surface area (Å²) < 4.78 is 0. The normalized spacial score (nSPS) is 34.9. The van der Waals surface area contributed by atoms with Gasteiger partial charge in [0.25, 0.3) is 0 Å². The number of aliphatic hydroxyl groups excluding tert-OH is 1. The number of hydrogen-bond donors (Lipinski definition) is 1. The predicted molar refractivity (Wildman–Crippen MR) is 64.1 cm³/mol. The molecule has 0 aliphatic carbocycles. The van der Waals surface area contributed by atoms with Gasteiger partial charge in [-0.3, -0.25) is 0 Å². The van der Waals surface area contributed by atoms with Gasteiger partial charge in [0.05, 0.1) is 6.10 Å². The highest BCUT2D eigenvalue weighted by Gasteiger charge is 2.38. The number of benzene rings is 1. The molecule has 86 valence electrons. The molecule has 3 aliphatic rings. The first kappa shape index (κ1) is 10.3. The van der Waals surface area contributed by atoms with Crippen molar-refractivity contribution in [3.05, 3.63) is 35.9 Å². The van der Waals surface area contributed by atoms with Gasteiger partial charge in [0.1, 0.15) is 0 Å². The minimum absolute atomic E-state index is 0.269. The van der Waals surface area contributed by atoms with Gasteiger partial charge in [-0.2, -0.15) is 0 Å². The number of fused-ring (bicyclic) bond motifs is 3. The van der Waals surface area contributed by atoms with Crippen molar-refractivity contribution >= 4 is 0 Å². The lowest BCUT2D eigenvalue weighted by Gasteiger charge is -2.46. The summed E-state index contributed by atoms with van der Waals surface area (Å²) in [5.74, 6) is 1.19. The molecule has 3 fully saturated rings. The smallest absolute Gasteiger partial charge is 0.0833 e. The van der Waals surface area contributed by atoms with Crippen LogP contribution in [0, 0.1) is 11.8 Å². The molecule has 16 heavy (non-hydrogen) atoms. The van der Waals surface area contributed by atoms with Crippen molar-refractivity contribution in [2.24, 2.45) is 11.8 Å². The fraction of sp³-hybridized carbons (Fsp3) is 0.571. The van der Waals surface area contributed by atoms with Crippen LogP contribution < -0.4 is 0 Å². The number of hydrogen-bond acceptors (Lipinski definition) is 2. The summed E-state index contributed by atoms with van der Waals surface area (Å²) in [6, 6.07) is 10.1. The van der Waals surface area contributed by atoms with Gasteiger partial charge in [-0.05, 0) is 37.4 Å². The Morgan fingerprint density at radius 1 is 1.12 bits per heavy atom. The third-order valence-electron chi connectivity index (χ3n) is 4.25. The van der Waals surface area contributed by atoms with Crippen molar-refractivity contribution in [2.45, 2.75) is 18.9 Å². The van der Waals surface area contributed by atoms with E-state index in [1.165, 1.54) is 25.9 Å². The molecule has 2 unspecified atom stereocenters. The summed E-state index contributed by atoms with van der Waals surface area (Å²) in [5, 5.41) is 10.4. The maximum absolute atomic E-state index is 10.4. The first-order chi connectivity index (χ1) is 7.84. The second-order valence-corrected chi connectivity index (χ2v) is 5.16. The molecule has 4 rings (SSSR count). The molecule has 1 aromatic carbocycles. The molecule has 3 aliphatic heterocycles. The maximum atomic E-state index is 10.4. The Morgan fingerprint density at radius 3 is 2.38 bits per heavy atom. The topological polar surface area (TPSA) is 23.5 Å². The van der Waals surface area contributed by atoms with E-state index in [1.54, 1.807) is 0 Å². The van der Waals surface area contributed by atoms with Crippen LogP contribution in [-0.2, 0) is 0 Å². The molecule has 0 amide bonds. The minimum atomic E-state index is -0.269. The average Bonchev–Trinajstić information content (AvgIpc) is 2.40. The van der Waals surface area contributed by atoms with E-state index in [0.717, 1.165) is 18.0 Å². The van der Waals surface area contributed by atoms with Crippen LogP contribution >= 0.6 is 0 Å². The Kier molecular flexibility index (Phi) is 2.70. The number of nitrogens with zero attached hydrogens (tertiary/aromatic N) is 1. The highest BCUT2D eigenvalue weighted by molar-refractivity contribution is 5.18. The third kappa shape index (κ3) is 1.76. The Hall–Kier alpha value is -0.860. The zero-order valence-electron chi connectivity index (χ0n) is 9.55. The molecular weight excluding hydrogens is 198 g/mol. The van der Waals surface area contributed by atoms with E-state index in [1.807, 2.05) is 30.3 Å². The van der Waals surface area contributed by atoms with Gasteiger partial charge in [0.15, 0.2) is 0 Å². The van der Waals surface area contributed by atoms with Crippen molar-refractivity contribution in [1.29, 1.82) is 0 Å². The van der Waals surface area contributed by atoms with E-state index < -0.39 is 0 Å². The predicted octanol–water partition coefficient (Wildman–Crippen LogP) is 2.06. The largest absolute Gasteiger partial charge is 0.388 e. The second-order valence-electron chi connectivity index (χ2n) is 5.16. The van der Waals surface area contributed by atoms with E-state index in [0.29, 0.717) is 5.92 Å². The van der Waals surface area contributed by atoms with Gasteiger partial charge in [-0.1, -0.05) is 30.3 Å². The maximum Gasteiger partial charge on any atom is 0.0833 e. The van der Waals surface area contributed by atoms with Gasteiger partial charge in [0.2, 0.25) is 0 Å². The van der Waals surface area contributed by atoms with E-state index in [4.69, 9.17) is 0 Å². The Bertz CT molecular complexity index is 343. The molecule has 1 aromatic rings. The van der Waals surface area contributed by atoms with E-state index in [9.17, 15) is 5.11 Å². The molecule has 0 spiro atoms. The van der Waals surface area contributed by atoms with Gasteiger partial charge >= 0.3 is 0 Å². The lowest BCUT2D eigenvalue weighted by atomic mass is 9.75. The van der Waals surface area contributed by atoms with E-state index >= 15 is 0 Å². The van der Waals surface area contributed by atoms with Gasteiger partial charge in [-0.15, -0.1) is 0 Å². The fourth-order valence-electron chi connectivity index (χ4n) is 3.27. The summed E-state index contributed by atoms with van der Waals surface area (Å²) >= 11 is 0. The molecular formula is C14H19NO. The van der Waals surface area contributed by atoms with Crippen LogP contribution in [0.5, 0.6) is 0 Å². The van der Waals surface area contributed by atoms with Crippen LogP contribution in [0.4, 0.5) is 0 Å². The molecule has 2 nitrogen and oxygen atoms in total. The van der Waals surface area contributed by atoms with E-state index in [2.05, 4.69) is 4.90 Å². The average molecular weight is 217 g/mol. The zero-order valence-corrected chi connectivity index (χ0v) is 9.55. The molecule has 3 saturated heterocycles. The van der Waals surface area contributed by atoms with E-state index in [-0.39, 0.29) is 6.10 Å². The van der Waals surface area contributed by atoms with Gasteiger partial charge in [-0.25, -0.2) is 0 Å². The fourth-order valence-corrected chi connectivity index (χ4v) is 3.27.